The number of hydrogen-bond donors (Lipinski definition) is 0. The van der Waals surface area contributed by atoms with Crippen molar-refractivity contribution in [2.45, 2.75) is 19.3 Å². The van der Waals surface area contributed by atoms with Crippen molar-refractivity contribution in [1.29, 1.82) is 0 Å². The molecule has 52 valence electrons. The minimum atomic E-state index is 0.267. The number of halogens is 1. The SMILES string of the molecule is [13CH2]=C1CC[C@@H]2C[C@]12C#CBr. The molecule has 0 radical (unpaired) electrons. The van der Waals surface area contributed by atoms with Gasteiger partial charge in [0.25, 0.3) is 0 Å². The molecular formula is C9H9Br. The van der Waals surface area contributed by atoms with Crippen LogP contribution in [0.25, 0.3) is 0 Å². The monoisotopic (exact) mass is 197 g/mol. The summed E-state index contributed by atoms with van der Waals surface area (Å²) in [6, 6.07) is 0. The van der Waals surface area contributed by atoms with Crippen molar-refractivity contribution in [3.05, 3.63) is 12.2 Å². The first-order chi connectivity index (χ1) is 4.79. The van der Waals surface area contributed by atoms with Gasteiger partial charge < -0.3 is 0 Å². The van der Waals surface area contributed by atoms with Gasteiger partial charge in [0.15, 0.2) is 0 Å². The molecule has 1 heteroatoms. The van der Waals surface area contributed by atoms with Crippen LogP contribution in [0.4, 0.5) is 0 Å². The molecule has 2 aliphatic rings. The highest BCUT2D eigenvalue weighted by Gasteiger charge is 2.58. The lowest BCUT2D eigenvalue weighted by atomic mass is 10.0. The second-order valence-corrected chi connectivity index (χ2v) is 3.63. The van der Waals surface area contributed by atoms with Gasteiger partial charge in [-0.25, -0.2) is 0 Å². The van der Waals surface area contributed by atoms with Crippen LogP contribution >= 0.6 is 15.9 Å². The summed E-state index contributed by atoms with van der Waals surface area (Å²) in [5, 5.41) is 0. The maximum atomic E-state index is 4.04. The van der Waals surface area contributed by atoms with Crippen LogP contribution in [0, 0.1) is 22.1 Å². The molecule has 2 aliphatic carbocycles. The first-order valence-electron chi connectivity index (χ1n) is 3.60. The van der Waals surface area contributed by atoms with E-state index in [0.717, 1.165) is 5.92 Å². The highest BCUT2D eigenvalue weighted by atomic mass is 79.9. The molecule has 0 aromatic carbocycles. The van der Waals surface area contributed by atoms with E-state index in [9.17, 15) is 0 Å². The maximum Gasteiger partial charge on any atom is 0.0561 e. The molecule has 2 fully saturated rings. The second-order valence-electron chi connectivity index (χ2n) is 3.23. The standard InChI is InChI=1S/C9H9Br/c1-7-2-3-8-6-9(7,8)4-5-10/h8H,1-3,6H2/t8-,9-/m1/s1/i1+1. The van der Waals surface area contributed by atoms with Crippen molar-refractivity contribution in [2.75, 3.05) is 0 Å². The molecule has 0 aromatic heterocycles. The van der Waals surface area contributed by atoms with E-state index in [4.69, 9.17) is 0 Å². The molecule has 0 aromatic rings. The quantitative estimate of drug-likeness (QED) is 0.319. The predicted molar refractivity (Wildman–Crippen MR) is 45.6 cm³/mol. The lowest BCUT2D eigenvalue weighted by Crippen LogP contribution is -1.95. The first kappa shape index (κ1) is 6.49. The molecule has 0 spiro atoms. The molecule has 10 heavy (non-hydrogen) atoms. The summed E-state index contributed by atoms with van der Waals surface area (Å²) in [6.07, 6.45) is 3.79. The number of fused-ring (bicyclic) bond motifs is 1. The smallest absolute Gasteiger partial charge is 0.0561 e. The van der Waals surface area contributed by atoms with E-state index in [1.807, 2.05) is 0 Å². The van der Waals surface area contributed by atoms with E-state index < -0.39 is 0 Å². The lowest BCUT2D eigenvalue weighted by Gasteiger charge is -2.03. The van der Waals surface area contributed by atoms with Gasteiger partial charge in [-0.05, 0) is 30.0 Å². The van der Waals surface area contributed by atoms with Crippen LogP contribution in [0.3, 0.4) is 0 Å². The normalized spacial score (nSPS) is 42.1. The third-order valence-electron chi connectivity index (χ3n) is 2.80. The zero-order chi connectivity index (χ0) is 7.19. The molecule has 0 heterocycles. The predicted octanol–water partition coefficient (Wildman–Crippen LogP) is 2.70. The summed E-state index contributed by atoms with van der Waals surface area (Å²) in [6.45, 7) is 4.04. The minimum Gasteiger partial charge on any atom is -0.0983 e. The summed E-state index contributed by atoms with van der Waals surface area (Å²) >= 11 is 3.15. The molecule has 0 unspecified atom stereocenters. The summed E-state index contributed by atoms with van der Waals surface area (Å²) < 4.78 is 0. The fourth-order valence-corrected chi connectivity index (χ4v) is 2.36. The molecule has 0 amide bonds. The number of allylic oxidation sites excluding steroid dienone is 1. The van der Waals surface area contributed by atoms with Crippen molar-refractivity contribution >= 4 is 15.9 Å². The average molecular weight is 198 g/mol. The van der Waals surface area contributed by atoms with E-state index in [2.05, 4.69) is 33.3 Å². The van der Waals surface area contributed by atoms with Crippen LogP contribution < -0.4 is 0 Å². The highest BCUT2D eigenvalue weighted by molar-refractivity contribution is 9.12. The van der Waals surface area contributed by atoms with Gasteiger partial charge in [0.2, 0.25) is 0 Å². The molecule has 2 saturated carbocycles. The fourth-order valence-electron chi connectivity index (χ4n) is 2.01. The van der Waals surface area contributed by atoms with E-state index >= 15 is 0 Å². The Kier molecular flexibility index (Phi) is 1.22. The van der Waals surface area contributed by atoms with Crippen molar-refractivity contribution in [3.63, 3.8) is 0 Å². The summed E-state index contributed by atoms with van der Waals surface area (Å²) in [5.41, 5.74) is 1.63. The Balaban J connectivity index is 2.30. The minimum absolute atomic E-state index is 0.267. The van der Waals surface area contributed by atoms with Gasteiger partial charge in [-0.2, -0.15) is 0 Å². The second kappa shape index (κ2) is 1.89. The van der Waals surface area contributed by atoms with E-state index in [1.165, 1.54) is 24.8 Å². The molecule has 0 bridgehead atoms. The number of hydrogen-bond acceptors (Lipinski definition) is 0. The van der Waals surface area contributed by atoms with E-state index in [0.29, 0.717) is 0 Å². The molecule has 0 nitrogen and oxygen atoms in total. The van der Waals surface area contributed by atoms with Crippen molar-refractivity contribution in [3.8, 4) is 10.8 Å². The van der Waals surface area contributed by atoms with Gasteiger partial charge in [0.1, 0.15) is 0 Å². The molecule has 2 atom stereocenters. The third-order valence-corrected chi connectivity index (χ3v) is 3.00. The molecule has 2 rings (SSSR count). The van der Waals surface area contributed by atoms with Gasteiger partial charge >= 0.3 is 0 Å². The molecule has 0 saturated heterocycles. The summed E-state index contributed by atoms with van der Waals surface area (Å²) in [4.78, 5) is 2.82. The largest absolute Gasteiger partial charge is 0.0983 e. The Hall–Kier alpha value is -0.220. The number of rotatable bonds is 0. The van der Waals surface area contributed by atoms with Gasteiger partial charge in [-0.3, -0.25) is 0 Å². The summed E-state index contributed by atoms with van der Waals surface area (Å²) in [5.74, 6) is 4.06. The Morgan fingerprint density at radius 3 is 2.90 bits per heavy atom. The first-order valence-corrected chi connectivity index (χ1v) is 4.40. The van der Waals surface area contributed by atoms with E-state index in [1.54, 1.807) is 0 Å². The topological polar surface area (TPSA) is 0 Å². The van der Waals surface area contributed by atoms with Crippen LogP contribution in [-0.2, 0) is 0 Å². The third kappa shape index (κ3) is 0.632. The van der Waals surface area contributed by atoms with Crippen molar-refractivity contribution in [1.82, 2.24) is 0 Å². The Labute approximate surface area is 69.8 Å². The van der Waals surface area contributed by atoms with Gasteiger partial charge in [0, 0.05) is 15.9 Å². The Morgan fingerprint density at radius 2 is 2.50 bits per heavy atom. The average Bonchev–Trinajstić information content (AvgIpc) is 2.53. The van der Waals surface area contributed by atoms with Crippen molar-refractivity contribution < 1.29 is 0 Å². The van der Waals surface area contributed by atoms with Gasteiger partial charge in [-0.1, -0.05) is 18.1 Å². The lowest BCUT2D eigenvalue weighted by molar-refractivity contribution is 0.760. The zero-order valence-corrected chi connectivity index (χ0v) is 7.37. The van der Waals surface area contributed by atoms with Gasteiger partial charge in [-0.15, -0.1) is 0 Å². The molecule has 0 aliphatic heterocycles. The van der Waals surface area contributed by atoms with Crippen LogP contribution in [0.1, 0.15) is 19.3 Å². The zero-order valence-electron chi connectivity index (χ0n) is 5.78. The van der Waals surface area contributed by atoms with Crippen LogP contribution in [0.2, 0.25) is 0 Å². The van der Waals surface area contributed by atoms with Gasteiger partial charge in [0.05, 0.1) is 5.41 Å². The van der Waals surface area contributed by atoms with Crippen LogP contribution in [0.15, 0.2) is 12.2 Å². The fraction of sp³-hybridized carbons (Fsp3) is 0.556. The molecular weight excluding hydrogens is 189 g/mol. The Bertz CT molecular complexity index is 243. The van der Waals surface area contributed by atoms with Crippen LogP contribution in [-0.4, -0.2) is 0 Å². The van der Waals surface area contributed by atoms with E-state index in [-0.39, 0.29) is 5.41 Å². The molecule has 0 N–H and O–H groups in total. The highest BCUT2D eigenvalue weighted by Crippen LogP contribution is 2.65. The van der Waals surface area contributed by atoms with Crippen molar-refractivity contribution in [2.24, 2.45) is 11.3 Å². The maximum absolute atomic E-state index is 4.04. The Morgan fingerprint density at radius 1 is 1.70 bits per heavy atom. The summed E-state index contributed by atoms with van der Waals surface area (Å²) in [7, 11) is 0. The van der Waals surface area contributed by atoms with Crippen LogP contribution in [0.5, 0.6) is 0 Å².